The number of carbonyl (C=O) groups excluding carboxylic acids is 1. The zero-order valence-electron chi connectivity index (χ0n) is 9.64. The number of hydrogen-bond donors (Lipinski definition) is 2. The first-order chi connectivity index (χ1) is 7.63. The highest BCUT2D eigenvalue weighted by molar-refractivity contribution is 9.10. The number of anilines is 1. The number of amides is 1. The molecular weight excluding hydrogens is 268 g/mol. The zero-order chi connectivity index (χ0) is 12.0. The first-order valence-corrected chi connectivity index (χ1v) is 6.19. The first kappa shape index (κ1) is 13.2. The minimum Gasteiger partial charge on any atom is -0.325 e. The summed E-state index contributed by atoms with van der Waals surface area (Å²) in [5.74, 6) is -0.00104. The summed E-state index contributed by atoms with van der Waals surface area (Å²) in [5, 5.41) is 5.94. The van der Waals surface area contributed by atoms with Crippen LogP contribution in [0.15, 0.2) is 22.7 Å². The fraction of sp³-hybridized carbons (Fsp3) is 0.417. The van der Waals surface area contributed by atoms with Gasteiger partial charge in [-0.05, 0) is 43.7 Å². The highest BCUT2D eigenvalue weighted by Gasteiger charge is 2.03. The molecule has 0 bridgehead atoms. The van der Waals surface area contributed by atoms with Crippen molar-refractivity contribution < 1.29 is 4.79 Å². The van der Waals surface area contributed by atoms with Gasteiger partial charge in [-0.3, -0.25) is 4.79 Å². The molecule has 0 saturated carbocycles. The Balaban J connectivity index is 2.49. The molecule has 0 fully saturated rings. The van der Waals surface area contributed by atoms with Crippen LogP contribution in [0.25, 0.3) is 0 Å². The predicted octanol–water partition coefficient (Wildman–Crippen LogP) is 2.70. The Morgan fingerprint density at radius 1 is 1.44 bits per heavy atom. The van der Waals surface area contributed by atoms with E-state index in [1.807, 2.05) is 25.1 Å². The van der Waals surface area contributed by atoms with Crippen LogP contribution >= 0.6 is 15.9 Å². The molecule has 2 N–H and O–H groups in total. The van der Waals surface area contributed by atoms with Crippen molar-refractivity contribution in [3.63, 3.8) is 0 Å². The number of hydrogen-bond acceptors (Lipinski definition) is 2. The van der Waals surface area contributed by atoms with Gasteiger partial charge in [0.2, 0.25) is 5.91 Å². The molecule has 0 radical (unpaired) electrons. The van der Waals surface area contributed by atoms with Gasteiger partial charge in [0, 0.05) is 10.2 Å². The average molecular weight is 285 g/mol. The molecule has 0 heterocycles. The van der Waals surface area contributed by atoms with E-state index in [-0.39, 0.29) is 5.91 Å². The second-order valence-corrected chi connectivity index (χ2v) is 4.60. The van der Waals surface area contributed by atoms with E-state index in [1.165, 1.54) is 0 Å². The Bertz CT molecular complexity index is 366. The van der Waals surface area contributed by atoms with E-state index in [1.54, 1.807) is 0 Å². The van der Waals surface area contributed by atoms with Crippen molar-refractivity contribution in [3.8, 4) is 0 Å². The molecule has 88 valence electrons. The Kier molecular flexibility index (Phi) is 5.49. The summed E-state index contributed by atoms with van der Waals surface area (Å²) in [6.07, 6.45) is 1.03. The molecule has 0 aliphatic heterocycles. The molecule has 16 heavy (non-hydrogen) atoms. The van der Waals surface area contributed by atoms with Gasteiger partial charge in [-0.15, -0.1) is 0 Å². The maximum atomic E-state index is 11.5. The normalized spacial score (nSPS) is 10.2. The van der Waals surface area contributed by atoms with Crippen LogP contribution in [-0.2, 0) is 4.79 Å². The highest BCUT2D eigenvalue weighted by atomic mass is 79.9. The van der Waals surface area contributed by atoms with E-state index in [4.69, 9.17) is 0 Å². The minimum absolute atomic E-state index is 0.00104. The van der Waals surface area contributed by atoms with E-state index >= 15 is 0 Å². The molecule has 0 aliphatic rings. The van der Waals surface area contributed by atoms with Gasteiger partial charge in [0.1, 0.15) is 0 Å². The maximum absolute atomic E-state index is 11.5. The third-order valence-electron chi connectivity index (χ3n) is 2.17. The Hall–Kier alpha value is -0.870. The predicted molar refractivity (Wildman–Crippen MR) is 70.7 cm³/mol. The molecular formula is C12H17BrN2O. The smallest absolute Gasteiger partial charge is 0.238 e. The molecule has 0 unspecified atom stereocenters. The van der Waals surface area contributed by atoms with Crippen molar-refractivity contribution in [3.05, 3.63) is 28.2 Å². The second kappa shape index (κ2) is 6.66. The number of nitrogens with one attached hydrogen (secondary N) is 2. The number of benzene rings is 1. The van der Waals surface area contributed by atoms with Crippen LogP contribution in [0, 0.1) is 6.92 Å². The Labute approximate surface area is 105 Å². The Morgan fingerprint density at radius 3 is 2.81 bits per heavy atom. The third-order valence-corrected chi connectivity index (χ3v) is 2.67. The van der Waals surface area contributed by atoms with Gasteiger partial charge in [-0.2, -0.15) is 0 Å². The standard InChI is InChI=1S/C12H17BrN2O/c1-3-6-14-8-12(16)15-11-5-4-10(13)7-9(11)2/h4-5,7,14H,3,6,8H2,1-2H3,(H,15,16). The molecule has 1 aromatic rings. The van der Waals surface area contributed by atoms with Gasteiger partial charge in [0.05, 0.1) is 6.54 Å². The highest BCUT2D eigenvalue weighted by Crippen LogP contribution is 2.19. The number of carbonyl (C=O) groups is 1. The quantitative estimate of drug-likeness (QED) is 0.817. The molecule has 0 aromatic heterocycles. The van der Waals surface area contributed by atoms with Crippen LogP contribution < -0.4 is 10.6 Å². The topological polar surface area (TPSA) is 41.1 Å². The first-order valence-electron chi connectivity index (χ1n) is 5.40. The molecule has 1 aromatic carbocycles. The molecule has 3 nitrogen and oxygen atoms in total. The van der Waals surface area contributed by atoms with Crippen molar-refractivity contribution in [2.24, 2.45) is 0 Å². The lowest BCUT2D eigenvalue weighted by atomic mass is 10.2. The summed E-state index contributed by atoms with van der Waals surface area (Å²) >= 11 is 3.39. The summed E-state index contributed by atoms with van der Waals surface area (Å²) in [7, 11) is 0. The number of halogens is 1. The van der Waals surface area contributed by atoms with Crippen LogP contribution in [0.4, 0.5) is 5.69 Å². The number of aryl methyl sites for hydroxylation is 1. The van der Waals surface area contributed by atoms with E-state index in [0.717, 1.165) is 28.7 Å². The van der Waals surface area contributed by atoms with Crippen molar-refractivity contribution in [2.45, 2.75) is 20.3 Å². The molecule has 0 aliphatic carbocycles. The van der Waals surface area contributed by atoms with Crippen molar-refractivity contribution >= 4 is 27.5 Å². The Morgan fingerprint density at radius 2 is 2.19 bits per heavy atom. The average Bonchev–Trinajstić information content (AvgIpc) is 2.23. The van der Waals surface area contributed by atoms with Gasteiger partial charge < -0.3 is 10.6 Å². The van der Waals surface area contributed by atoms with Crippen molar-refractivity contribution in [2.75, 3.05) is 18.4 Å². The monoisotopic (exact) mass is 284 g/mol. The fourth-order valence-corrected chi connectivity index (χ4v) is 1.82. The van der Waals surface area contributed by atoms with E-state index < -0.39 is 0 Å². The van der Waals surface area contributed by atoms with Gasteiger partial charge in [0.25, 0.3) is 0 Å². The van der Waals surface area contributed by atoms with Gasteiger partial charge in [0.15, 0.2) is 0 Å². The molecule has 0 saturated heterocycles. The van der Waals surface area contributed by atoms with E-state index in [2.05, 4.69) is 33.5 Å². The van der Waals surface area contributed by atoms with Crippen LogP contribution in [0.5, 0.6) is 0 Å². The van der Waals surface area contributed by atoms with Crippen LogP contribution in [0.2, 0.25) is 0 Å². The van der Waals surface area contributed by atoms with Crippen LogP contribution in [0.1, 0.15) is 18.9 Å². The van der Waals surface area contributed by atoms with Gasteiger partial charge in [-0.1, -0.05) is 22.9 Å². The fourth-order valence-electron chi connectivity index (χ4n) is 1.34. The van der Waals surface area contributed by atoms with Gasteiger partial charge >= 0.3 is 0 Å². The SMILES string of the molecule is CCCNCC(=O)Nc1ccc(Br)cc1C. The zero-order valence-corrected chi connectivity index (χ0v) is 11.2. The summed E-state index contributed by atoms with van der Waals surface area (Å²) in [6.45, 7) is 5.28. The minimum atomic E-state index is -0.00104. The largest absolute Gasteiger partial charge is 0.325 e. The van der Waals surface area contributed by atoms with E-state index in [0.29, 0.717) is 6.54 Å². The van der Waals surface area contributed by atoms with Crippen molar-refractivity contribution in [1.82, 2.24) is 5.32 Å². The summed E-state index contributed by atoms with van der Waals surface area (Å²) < 4.78 is 1.02. The van der Waals surface area contributed by atoms with Crippen LogP contribution in [-0.4, -0.2) is 19.0 Å². The summed E-state index contributed by atoms with van der Waals surface area (Å²) in [6, 6.07) is 5.80. The maximum Gasteiger partial charge on any atom is 0.238 e. The lowest BCUT2D eigenvalue weighted by Gasteiger charge is -2.09. The molecule has 0 atom stereocenters. The third kappa shape index (κ3) is 4.33. The number of rotatable bonds is 5. The lowest BCUT2D eigenvalue weighted by molar-refractivity contribution is -0.115. The molecule has 1 amide bonds. The van der Waals surface area contributed by atoms with E-state index in [9.17, 15) is 4.79 Å². The summed E-state index contributed by atoms with van der Waals surface area (Å²) in [5.41, 5.74) is 1.92. The van der Waals surface area contributed by atoms with Crippen LogP contribution in [0.3, 0.4) is 0 Å². The lowest BCUT2D eigenvalue weighted by Crippen LogP contribution is -2.28. The second-order valence-electron chi connectivity index (χ2n) is 3.68. The van der Waals surface area contributed by atoms with Gasteiger partial charge in [-0.25, -0.2) is 0 Å². The van der Waals surface area contributed by atoms with Crippen molar-refractivity contribution in [1.29, 1.82) is 0 Å². The molecule has 4 heteroatoms. The summed E-state index contributed by atoms with van der Waals surface area (Å²) in [4.78, 5) is 11.5. The molecule has 1 rings (SSSR count). The molecule has 0 spiro atoms.